The summed E-state index contributed by atoms with van der Waals surface area (Å²) in [6.07, 6.45) is 1.74. The summed E-state index contributed by atoms with van der Waals surface area (Å²) >= 11 is 0. The molecule has 5 nitrogen and oxygen atoms in total. The van der Waals surface area contributed by atoms with Gasteiger partial charge in [-0.05, 0) is 76.9 Å². The molecule has 180 valence electrons. The molecule has 1 aliphatic heterocycles. The van der Waals surface area contributed by atoms with Crippen molar-refractivity contribution in [3.8, 4) is 0 Å². The number of aryl methyl sites for hydroxylation is 3. The molecule has 0 saturated carbocycles. The highest BCUT2D eigenvalue weighted by atomic mass is 16.6. The molecule has 1 unspecified atom stereocenters. The van der Waals surface area contributed by atoms with Gasteiger partial charge in [0, 0.05) is 64.8 Å². The molecule has 2 aromatic heterocycles. The van der Waals surface area contributed by atoms with Gasteiger partial charge in [0.2, 0.25) is 0 Å². The Morgan fingerprint density at radius 3 is 2.40 bits per heavy atom. The number of anilines is 1. The zero-order valence-corrected chi connectivity index (χ0v) is 21.5. The van der Waals surface area contributed by atoms with E-state index in [1.165, 1.54) is 5.69 Å². The van der Waals surface area contributed by atoms with Crippen molar-refractivity contribution in [1.29, 1.82) is 0 Å². The van der Waals surface area contributed by atoms with E-state index in [4.69, 9.17) is 4.74 Å². The number of pyridine rings is 1. The molecular weight excluding hydrogens is 434 g/mol. The fraction of sp³-hybridized carbons (Fsp3) is 0.333. The number of esters is 1. The second-order valence-electron chi connectivity index (χ2n) is 9.37. The van der Waals surface area contributed by atoms with Gasteiger partial charge >= 0.3 is 5.97 Å². The van der Waals surface area contributed by atoms with Gasteiger partial charge in [-0.3, -0.25) is 0 Å². The van der Waals surface area contributed by atoms with E-state index in [0.29, 0.717) is 5.69 Å². The number of aromatic nitrogens is 2. The maximum Gasteiger partial charge on any atom is 0.358 e. The standard InChI is InChI=1S/C30H33N3O2/c1-7-32(8-2)22-14-15-24(20(5)17-22)30(25-16-19(4)18-31-28(25)29(34)35-30)27-21(6)33(9-3)26-13-11-10-12-23(26)27/h10-18H,7-9H2,1-6H3. The van der Waals surface area contributed by atoms with Crippen LogP contribution in [0.3, 0.4) is 0 Å². The van der Waals surface area contributed by atoms with Gasteiger partial charge in [0.15, 0.2) is 11.3 Å². The van der Waals surface area contributed by atoms with Crippen molar-refractivity contribution in [3.05, 3.63) is 93.9 Å². The van der Waals surface area contributed by atoms with E-state index in [2.05, 4.69) is 97.6 Å². The predicted molar refractivity (Wildman–Crippen MR) is 141 cm³/mol. The van der Waals surface area contributed by atoms with Crippen LogP contribution in [0.4, 0.5) is 5.69 Å². The zero-order chi connectivity index (χ0) is 24.9. The van der Waals surface area contributed by atoms with Gasteiger partial charge in [0.05, 0.1) is 0 Å². The van der Waals surface area contributed by atoms with Crippen molar-refractivity contribution in [2.24, 2.45) is 0 Å². The fourth-order valence-corrected chi connectivity index (χ4v) is 5.87. The summed E-state index contributed by atoms with van der Waals surface area (Å²) in [5, 5.41) is 1.10. The summed E-state index contributed by atoms with van der Waals surface area (Å²) in [5.41, 5.74) is 7.66. The van der Waals surface area contributed by atoms with Crippen LogP contribution in [-0.2, 0) is 16.9 Å². The van der Waals surface area contributed by atoms with Crippen molar-refractivity contribution in [1.82, 2.24) is 9.55 Å². The van der Waals surface area contributed by atoms with Gasteiger partial charge in [-0.1, -0.05) is 24.3 Å². The predicted octanol–water partition coefficient (Wildman–Crippen LogP) is 6.29. The Kier molecular flexibility index (Phi) is 5.66. The number of hydrogen-bond donors (Lipinski definition) is 0. The number of cyclic esters (lactones) is 1. The maximum atomic E-state index is 13.3. The second kappa shape index (κ2) is 8.56. The monoisotopic (exact) mass is 467 g/mol. The molecule has 0 radical (unpaired) electrons. The summed E-state index contributed by atoms with van der Waals surface area (Å²) in [6.45, 7) is 15.5. The first-order valence-electron chi connectivity index (χ1n) is 12.5. The van der Waals surface area contributed by atoms with Gasteiger partial charge in [-0.2, -0.15) is 0 Å². The minimum absolute atomic E-state index is 0.375. The molecule has 2 aromatic carbocycles. The number of carbonyl (C=O) groups excluding carboxylic acids is 1. The Hall–Kier alpha value is -3.60. The molecule has 1 aliphatic rings. The Balaban J connectivity index is 1.90. The number of hydrogen-bond acceptors (Lipinski definition) is 4. The van der Waals surface area contributed by atoms with Crippen LogP contribution in [0.15, 0.2) is 54.7 Å². The minimum Gasteiger partial charge on any atom is -0.439 e. The highest BCUT2D eigenvalue weighted by Crippen LogP contribution is 2.51. The highest BCUT2D eigenvalue weighted by Gasteiger charge is 2.52. The normalized spacial score (nSPS) is 17.0. The number of benzene rings is 2. The molecule has 0 aliphatic carbocycles. The molecule has 4 aromatic rings. The Morgan fingerprint density at radius 2 is 1.71 bits per heavy atom. The Morgan fingerprint density at radius 1 is 0.971 bits per heavy atom. The van der Waals surface area contributed by atoms with Crippen LogP contribution < -0.4 is 4.90 Å². The number of carbonyl (C=O) groups is 1. The lowest BCUT2D eigenvalue weighted by Gasteiger charge is -2.33. The third kappa shape index (κ3) is 3.28. The van der Waals surface area contributed by atoms with Gasteiger partial charge in [0.25, 0.3) is 0 Å². The number of ether oxygens (including phenoxy) is 1. The molecule has 5 rings (SSSR count). The molecule has 0 spiro atoms. The second-order valence-corrected chi connectivity index (χ2v) is 9.37. The first kappa shape index (κ1) is 23.2. The van der Waals surface area contributed by atoms with Gasteiger partial charge in [-0.15, -0.1) is 0 Å². The van der Waals surface area contributed by atoms with Crippen molar-refractivity contribution in [3.63, 3.8) is 0 Å². The minimum atomic E-state index is -1.07. The van der Waals surface area contributed by atoms with E-state index in [9.17, 15) is 4.79 Å². The molecule has 5 heteroatoms. The smallest absolute Gasteiger partial charge is 0.358 e. The number of rotatable bonds is 6. The van der Waals surface area contributed by atoms with E-state index in [0.717, 1.165) is 64.0 Å². The summed E-state index contributed by atoms with van der Waals surface area (Å²) in [6, 6.07) is 17.0. The average Bonchev–Trinajstić information content (AvgIpc) is 3.30. The van der Waals surface area contributed by atoms with E-state index in [1.54, 1.807) is 6.20 Å². The topological polar surface area (TPSA) is 47.4 Å². The van der Waals surface area contributed by atoms with Crippen LogP contribution in [0.1, 0.15) is 64.8 Å². The molecule has 1 atom stereocenters. The summed E-state index contributed by atoms with van der Waals surface area (Å²) in [4.78, 5) is 20.2. The lowest BCUT2D eigenvalue weighted by Crippen LogP contribution is -2.32. The average molecular weight is 468 g/mol. The van der Waals surface area contributed by atoms with E-state index in [-0.39, 0.29) is 5.97 Å². The quantitative estimate of drug-likeness (QED) is 0.313. The number of nitrogens with zero attached hydrogens (tertiary/aromatic N) is 3. The lowest BCUT2D eigenvalue weighted by atomic mass is 9.77. The number of para-hydroxylation sites is 1. The van der Waals surface area contributed by atoms with Crippen molar-refractivity contribution < 1.29 is 9.53 Å². The fourth-order valence-electron chi connectivity index (χ4n) is 5.87. The number of fused-ring (bicyclic) bond motifs is 2. The molecule has 0 fully saturated rings. The largest absolute Gasteiger partial charge is 0.439 e. The molecule has 0 saturated heterocycles. The third-order valence-corrected chi connectivity index (χ3v) is 7.46. The SMILES string of the molecule is CCN(CC)c1ccc(C2(c3c(C)n(CC)c4ccccc34)OC(=O)c3ncc(C)cc32)c(C)c1. The van der Waals surface area contributed by atoms with Crippen molar-refractivity contribution >= 4 is 22.6 Å². The molecular formula is C30H33N3O2. The summed E-state index contributed by atoms with van der Waals surface area (Å²) in [5.74, 6) is -0.375. The molecule has 0 bridgehead atoms. The van der Waals surface area contributed by atoms with Gasteiger partial charge in [0.1, 0.15) is 0 Å². The van der Waals surface area contributed by atoms with E-state index < -0.39 is 5.60 Å². The van der Waals surface area contributed by atoms with Crippen LogP contribution in [0, 0.1) is 20.8 Å². The molecule has 35 heavy (non-hydrogen) atoms. The Labute approximate surface area is 207 Å². The van der Waals surface area contributed by atoms with Gasteiger partial charge in [-0.25, -0.2) is 9.78 Å². The van der Waals surface area contributed by atoms with E-state index >= 15 is 0 Å². The molecule has 0 N–H and O–H groups in total. The van der Waals surface area contributed by atoms with Crippen molar-refractivity contribution in [2.45, 2.75) is 53.7 Å². The Bertz CT molecular complexity index is 1450. The van der Waals surface area contributed by atoms with Crippen LogP contribution in [0.25, 0.3) is 10.9 Å². The maximum absolute atomic E-state index is 13.3. The first-order chi connectivity index (χ1) is 16.9. The lowest BCUT2D eigenvalue weighted by molar-refractivity contribution is 0.0249. The molecule has 0 amide bonds. The van der Waals surface area contributed by atoms with Gasteiger partial charge < -0.3 is 14.2 Å². The van der Waals surface area contributed by atoms with E-state index in [1.807, 2.05) is 6.92 Å². The van der Waals surface area contributed by atoms with Crippen LogP contribution in [0.5, 0.6) is 0 Å². The van der Waals surface area contributed by atoms with Crippen LogP contribution in [-0.4, -0.2) is 28.6 Å². The summed E-state index contributed by atoms with van der Waals surface area (Å²) < 4.78 is 8.81. The highest BCUT2D eigenvalue weighted by molar-refractivity contribution is 5.97. The molecule has 3 heterocycles. The third-order valence-electron chi connectivity index (χ3n) is 7.46. The zero-order valence-electron chi connectivity index (χ0n) is 21.5. The van der Waals surface area contributed by atoms with Crippen LogP contribution in [0.2, 0.25) is 0 Å². The van der Waals surface area contributed by atoms with Crippen LogP contribution >= 0.6 is 0 Å². The first-order valence-corrected chi connectivity index (χ1v) is 12.5. The van der Waals surface area contributed by atoms with Crippen molar-refractivity contribution in [2.75, 3.05) is 18.0 Å². The summed E-state index contributed by atoms with van der Waals surface area (Å²) in [7, 11) is 0.